The van der Waals surface area contributed by atoms with Crippen molar-refractivity contribution in [3.63, 3.8) is 0 Å². The summed E-state index contributed by atoms with van der Waals surface area (Å²) in [7, 11) is 0. The van der Waals surface area contributed by atoms with Crippen LogP contribution in [0.4, 0.5) is 13.2 Å². The number of fused-ring (bicyclic) bond motifs is 1. The minimum absolute atomic E-state index is 0.0504. The predicted molar refractivity (Wildman–Crippen MR) is 117 cm³/mol. The highest BCUT2D eigenvalue weighted by molar-refractivity contribution is 5.94. The van der Waals surface area contributed by atoms with E-state index in [0.717, 1.165) is 12.1 Å². The second kappa shape index (κ2) is 9.14. The Hall–Kier alpha value is -3.16. The third-order valence-electron chi connectivity index (χ3n) is 5.31. The van der Waals surface area contributed by atoms with Crippen LogP contribution in [0.5, 0.6) is 0 Å². The minimum atomic E-state index is -4.55. The molecule has 1 heterocycles. The van der Waals surface area contributed by atoms with Gasteiger partial charge in [0.15, 0.2) is 0 Å². The first-order valence-electron chi connectivity index (χ1n) is 10.5. The van der Waals surface area contributed by atoms with Gasteiger partial charge >= 0.3 is 6.18 Å². The van der Waals surface area contributed by atoms with Crippen molar-refractivity contribution in [2.75, 3.05) is 6.54 Å². The van der Waals surface area contributed by atoms with Gasteiger partial charge in [-0.3, -0.25) is 14.2 Å². The van der Waals surface area contributed by atoms with E-state index in [-0.39, 0.29) is 17.0 Å². The SMILES string of the molecule is CCn1c(C(C)N(CC(C)C)C(=O)c2cccc(C(F)(F)F)c2)nc2ccccc2c1=O. The van der Waals surface area contributed by atoms with Crippen molar-refractivity contribution in [2.45, 2.75) is 46.5 Å². The topological polar surface area (TPSA) is 55.2 Å². The van der Waals surface area contributed by atoms with Crippen LogP contribution < -0.4 is 5.56 Å². The fourth-order valence-electron chi connectivity index (χ4n) is 3.75. The van der Waals surface area contributed by atoms with Crippen molar-refractivity contribution < 1.29 is 18.0 Å². The molecule has 0 saturated heterocycles. The van der Waals surface area contributed by atoms with Crippen molar-refractivity contribution in [3.05, 3.63) is 75.8 Å². The summed E-state index contributed by atoms with van der Waals surface area (Å²) in [5.74, 6) is -0.0889. The molecule has 8 heteroatoms. The third kappa shape index (κ3) is 4.69. The van der Waals surface area contributed by atoms with E-state index in [2.05, 4.69) is 4.98 Å². The van der Waals surface area contributed by atoms with E-state index in [4.69, 9.17) is 0 Å². The first-order chi connectivity index (χ1) is 15.0. The zero-order valence-corrected chi connectivity index (χ0v) is 18.5. The van der Waals surface area contributed by atoms with Crippen LogP contribution in [-0.4, -0.2) is 26.9 Å². The van der Waals surface area contributed by atoms with Crippen molar-refractivity contribution in [3.8, 4) is 0 Å². The highest BCUT2D eigenvalue weighted by atomic mass is 19.4. The van der Waals surface area contributed by atoms with E-state index >= 15 is 0 Å². The standard InChI is InChI=1S/C24H26F3N3O2/c1-5-29-21(28-20-12-7-6-11-19(20)23(29)32)16(4)30(14-15(2)3)22(31)17-9-8-10-18(13-17)24(25,26)27/h6-13,15-16H,5,14H2,1-4H3. The minimum Gasteiger partial charge on any atom is -0.328 e. The molecule has 0 aliphatic rings. The summed E-state index contributed by atoms with van der Waals surface area (Å²) in [5.41, 5.74) is -0.635. The number of benzene rings is 2. The molecule has 3 rings (SSSR count). The van der Waals surface area contributed by atoms with E-state index in [1.54, 1.807) is 31.2 Å². The molecule has 0 radical (unpaired) electrons. The maximum atomic E-state index is 13.4. The number of carbonyl (C=O) groups excluding carboxylic acids is 1. The van der Waals surface area contributed by atoms with Crippen LogP contribution in [0.3, 0.4) is 0 Å². The molecule has 0 aliphatic heterocycles. The monoisotopic (exact) mass is 445 g/mol. The maximum Gasteiger partial charge on any atom is 0.416 e. The van der Waals surface area contributed by atoms with E-state index < -0.39 is 23.7 Å². The van der Waals surface area contributed by atoms with E-state index in [1.165, 1.54) is 21.6 Å². The Bertz CT molecular complexity index is 1190. The van der Waals surface area contributed by atoms with E-state index in [1.807, 2.05) is 20.8 Å². The van der Waals surface area contributed by atoms with Gasteiger partial charge in [0.2, 0.25) is 0 Å². The Morgan fingerprint density at radius 1 is 1.09 bits per heavy atom. The largest absolute Gasteiger partial charge is 0.416 e. The number of alkyl halides is 3. The predicted octanol–water partition coefficient (Wildman–Crippen LogP) is 5.29. The Kier molecular flexibility index (Phi) is 6.71. The smallest absolute Gasteiger partial charge is 0.328 e. The van der Waals surface area contributed by atoms with Gasteiger partial charge in [-0.15, -0.1) is 0 Å². The van der Waals surface area contributed by atoms with Gasteiger partial charge in [-0.05, 0) is 50.1 Å². The fourth-order valence-corrected chi connectivity index (χ4v) is 3.75. The molecular weight excluding hydrogens is 419 g/mol. The number of hydrogen-bond acceptors (Lipinski definition) is 3. The number of aromatic nitrogens is 2. The Morgan fingerprint density at radius 2 is 1.78 bits per heavy atom. The molecule has 3 aromatic rings. The molecule has 1 unspecified atom stereocenters. The van der Waals surface area contributed by atoms with Crippen molar-refractivity contribution in [1.82, 2.24) is 14.5 Å². The fraction of sp³-hybridized carbons (Fsp3) is 0.375. The molecule has 32 heavy (non-hydrogen) atoms. The Balaban J connectivity index is 2.11. The normalized spacial score (nSPS) is 12.9. The summed E-state index contributed by atoms with van der Waals surface area (Å²) in [4.78, 5) is 32.5. The molecule has 2 aromatic carbocycles. The first-order valence-corrected chi connectivity index (χ1v) is 10.5. The lowest BCUT2D eigenvalue weighted by atomic mass is 10.1. The number of hydrogen-bond donors (Lipinski definition) is 0. The summed E-state index contributed by atoms with van der Waals surface area (Å²) in [5, 5.41) is 0.477. The summed E-state index contributed by atoms with van der Waals surface area (Å²) < 4.78 is 41.1. The molecule has 5 nitrogen and oxygen atoms in total. The zero-order chi connectivity index (χ0) is 23.6. The average molecular weight is 445 g/mol. The summed E-state index contributed by atoms with van der Waals surface area (Å²) in [6.45, 7) is 8.04. The summed E-state index contributed by atoms with van der Waals surface area (Å²) in [6.07, 6.45) is -4.55. The maximum absolute atomic E-state index is 13.4. The van der Waals surface area contributed by atoms with Gasteiger partial charge in [0, 0.05) is 18.7 Å². The molecule has 170 valence electrons. The average Bonchev–Trinajstić information content (AvgIpc) is 2.76. The van der Waals surface area contributed by atoms with Gasteiger partial charge in [-0.25, -0.2) is 4.98 Å². The molecule has 0 bridgehead atoms. The lowest BCUT2D eigenvalue weighted by molar-refractivity contribution is -0.137. The molecule has 0 spiro atoms. The van der Waals surface area contributed by atoms with Crippen molar-refractivity contribution >= 4 is 16.8 Å². The van der Waals surface area contributed by atoms with Crippen LogP contribution in [-0.2, 0) is 12.7 Å². The Morgan fingerprint density at radius 3 is 2.41 bits per heavy atom. The molecule has 1 amide bonds. The van der Waals surface area contributed by atoms with Gasteiger partial charge in [0.1, 0.15) is 5.82 Å². The number of para-hydroxylation sites is 1. The van der Waals surface area contributed by atoms with Crippen LogP contribution in [0.1, 0.15) is 55.5 Å². The molecule has 0 aliphatic carbocycles. The molecule has 0 fully saturated rings. The van der Waals surface area contributed by atoms with E-state index in [9.17, 15) is 22.8 Å². The molecule has 0 N–H and O–H groups in total. The summed E-state index contributed by atoms with van der Waals surface area (Å²) in [6, 6.07) is 10.7. The lowest BCUT2D eigenvalue weighted by Gasteiger charge is -2.32. The van der Waals surface area contributed by atoms with Crippen LogP contribution in [0.15, 0.2) is 53.3 Å². The lowest BCUT2D eigenvalue weighted by Crippen LogP contribution is -2.39. The van der Waals surface area contributed by atoms with Crippen LogP contribution in [0, 0.1) is 5.92 Å². The Labute approximate surface area is 184 Å². The third-order valence-corrected chi connectivity index (χ3v) is 5.31. The van der Waals surface area contributed by atoms with Crippen LogP contribution in [0.2, 0.25) is 0 Å². The van der Waals surface area contributed by atoms with Crippen LogP contribution in [0.25, 0.3) is 10.9 Å². The van der Waals surface area contributed by atoms with Gasteiger partial charge in [-0.1, -0.05) is 32.0 Å². The van der Waals surface area contributed by atoms with Crippen molar-refractivity contribution in [2.24, 2.45) is 5.92 Å². The highest BCUT2D eigenvalue weighted by Crippen LogP contribution is 2.31. The van der Waals surface area contributed by atoms with Gasteiger partial charge < -0.3 is 4.90 Å². The quantitative estimate of drug-likeness (QED) is 0.518. The van der Waals surface area contributed by atoms with Crippen LogP contribution >= 0.6 is 0 Å². The second-order valence-corrected chi connectivity index (χ2v) is 8.14. The molecule has 1 atom stereocenters. The van der Waals surface area contributed by atoms with Gasteiger partial charge in [0.05, 0.1) is 22.5 Å². The molecule has 1 aromatic heterocycles. The number of nitrogens with zero attached hydrogens (tertiary/aromatic N) is 3. The van der Waals surface area contributed by atoms with Gasteiger partial charge in [0.25, 0.3) is 11.5 Å². The molecular formula is C24H26F3N3O2. The van der Waals surface area contributed by atoms with E-state index in [0.29, 0.717) is 29.8 Å². The molecule has 0 saturated carbocycles. The highest BCUT2D eigenvalue weighted by Gasteiger charge is 2.32. The number of amides is 1. The number of carbonyl (C=O) groups is 1. The zero-order valence-electron chi connectivity index (χ0n) is 18.5. The number of rotatable bonds is 6. The van der Waals surface area contributed by atoms with Crippen molar-refractivity contribution in [1.29, 1.82) is 0 Å². The first kappa shape index (κ1) is 23.5. The number of halogens is 3. The second-order valence-electron chi connectivity index (χ2n) is 8.14. The summed E-state index contributed by atoms with van der Waals surface area (Å²) >= 11 is 0. The van der Waals surface area contributed by atoms with Gasteiger partial charge in [-0.2, -0.15) is 13.2 Å².